The summed E-state index contributed by atoms with van der Waals surface area (Å²) in [5.74, 6) is -1.43. The summed E-state index contributed by atoms with van der Waals surface area (Å²) in [4.78, 5) is 48.8. The first-order valence-electron chi connectivity index (χ1n) is 34.2. The van der Waals surface area contributed by atoms with Crippen LogP contribution >= 0.6 is 7.82 Å². The number of aliphatic hydroxyl groups excluding tert-OH is 1. The third-order valence-corrected chi connectivity index (χ3v) is 16.3. The molecule has 3 atom stereocenters. The SMILES string of the molecule is CCCCC/C=C\C/C=C\CCCCCCCCCCCC(=O)OC(COC(=O)CCCCCCCCCCCCCCCCC)COP(=O)(O)OCC(CO)OC(=O)CCCCCCCCCCCCCCCCCCCCC. The first-order valence-corrected chi connectivity index (χ1v) is 35.7. The van der Waals surface area contributed by atoms with E-state index in [4.69, 9.17) is 23.3 Å². The standard InChI is InChI=1S/C68H129O11P/c1-4-7-10-13-16-19-22-25-28-30-32-34-37-40-43-46-49-52-55-58-67(71)78-64(60-69)62-76-80(73,74)77-63-65(61-75-66(70)57-54-51-48-45-42-39-36-27-24-21-18-15-12-9-6-3)79-68(72)59-56-53-50-47-44-41-38-35-33-31-29-26-23-20-17-14-11-8-5-2/h17,20,26,29,64-65,69H,4-16,18-19,21-25,27-28,30-63H2,1-3H3,(H,73,74)/b20-17-,29-26-. The van der Waals surface area contributed by atoms with Crippen molar-refractivity contribution in [1.82, 2.24) is 0 Å². The van der Waals surface area contributed by atoms with Gasteiger partial charge in [-0.05, 0) is 51.4 Å². The second kappa shape index (κ2) is 63.0. The number of carbonyl (C=O) groups is 3. The predicted octanol–water partition coefficient (Wildman–Crippen LogP) is 20.9. The lowest BCUT2D eigenvalue weighted by Gasteiger charge is -2.21. The van der Waals surface area contributed by atoms with Crippen LogP contribution in [0.3, 0.4) is 0 Å². The lowest BCUT2D eigenvalue weighted by Crippen LogP contribution is -2.30. The zero-order valence-corrected chi connectivity index (χ0v) is 53.5. The fraction of sp³-hybridized carbons (Fsp3) is 0.897. The van der Waals surface area contributed by atoms with Crippen LogP contribution in [0.25, 0.3) is 0 Å². The summed E-state index contributed by atoms with van der Waals surface area (Å²) >= 11 is 0. The van der Waals surface area contributed by atoms with Crippen molar-refractivity contribution in [3.8, 4) is 0 Å². The highest BCUT2D eigenvalue weighted by atomic mass is 31.2. The molecule has 0 rings (SSSR count). The molecule has 12 heteroatoms. The molecule has 472 valence electrons. The lowest BCUT2D eigenvalue weighted by atomic mass is 10.0. The Labute approximate surface area is 493 Å². The van der Waals surface area contributed by atoms with E-state index < -0.39 is 57.8 Å². The molecule has 0 saturated heterocycles. The highest BCUT2D eigenvalue weighted by molar-refractivity contribution is 7.47. The van der Waals surface area contributed by atoms with Gasteiger partial charge in [-0.1, -0.05) is 308 Å². The van der Waals surface area contributed by atoms with Crippen LogP contribution in [0, 0.1) is 0 Å². The van der Waals surface area contributed by atoms with E-state index >= 15 is 0 Å². The predicted molar refractivity (Wildman–Crippen MR) is 335 cm³/mol. The number of hydrogen-bond acceptors (Lipinski definition) is 10. The van der Waals surface area contributed by atoms with Gasteiger partial charge >= 0.3 is 25.7 Å². The van der Waals surface area contributed by atoms with Gasteiger partial charge in [-0.3, -0.25) is 23.4 Å². The van der Waals surface area contributed by atoms with E-state index in [1.165, 1.54) is 225 Å². The Hall–Kier alpha value is -2.04. The molecule has 0 aromatic heterocycles. The van der Waals surface area contributed by atoms with Crippen molar-refractivity contribution < 1.29 is 52.2 Å². The third-order valence-electron chi connectivity index (χ3n) is 15.4. The van der Waals surface area contributed by atoms with Gasteiger partial charge in [0.2, 0.25) is 0 Å². The number of rotatable bonds is 65. The zero-order valence-electron chi connectivity index (χ0n) is 52.6. The second-order valence-electron chi connectivity index (χ2n) is 23.4. The van der Waals surface area contributed by atoms with Crippen molar-refractivity contribution >= 4 is 25.7 Å². The molecule has 0 aliphatic rings. The Kier molecular flexibility index (Phi) is 61.4. The van der Waals surface area contributed by atoms with E-state index in [0.29, 0.717) is 19.3 Å². The average Bonchev–Trinajstić information content (AvgIpc) is 3.45. The summed E-state index contributed by atoms with van der Waals surface area (Å²) in [6.45, 7) is 4.72. The summed E-state index contributed by atoms with van der Waals surface area (Å²) in [7, 11) is -4.75. The number of ether oxygens (including phenoxy) is 3. The first kappa shape index (κ1) is 78.0. The van der Waals surface area contributed by atoms with Gasteiger partial charge in [0, 0.05) is 19.3 Å². The van der Waals surface area contributed by atoms with Gasteiger partial charge in [0.1, 0.15) is 12.7 Å². The van der Waals surface area contributed by atoms with E-state index in [1.807, 2.05) is 0 Å². The monoisotopic (exact) mass is 1150 g/mol. The molecule has 0 saturated carbocycles. The fourth-order valence-corrected chi connectivity index (χ4v) is 10.9. The molecule has 0 bridgehead atoms. The second-order valence-corrected chi connectivity index (χ2v) is 24.8. The van der Waals surface area contributed by atoms with Crippen molar-refractivity contribution in [2.75, 3.05) is 26.4 Å². The number of carbonyl (C=O) groups excluding carboxylic acids is 3. The summed E-state index contributed by atoms with van der Waals surface area (Å²) in [6.07, 6.45) is 66.9. The van der Waals surface area contributed by atoms with Crippen molar-refractivity contribution in [1.29, 1.82) is 0 Å². The smallest absolute Gasteiger partial charge is 0.462 e. The van der Waals surface area contributed by atoms with Crippen LogP contribution in [-0.4, -0.2) is 66.5 Å². The van der Waals surface area contributed by atoms with Crippen molar-refractivity contribution in [3.63, 3.8) is 0 Å². The summed E-state index contributed by atoms with van der Waals surface area (Å²) in [5.41, 5.74) is 0. The molecule has 2 N–H and O–H groups in total. The molecule has 0 heterocycles. The molecular weight excluding hydrogens is 1020 g/mol. The van der Waals surface area contributed by atoms with Gasteiger partial charge in [-0.15, -0.1) is 0 Å². The fourth-order valence-electron chi connectivity index (χ4n) is 10.2. The highest BCUT2D eigenvalue weighted by Crippen LogP contribution is 2.43. The maximum Gasteiger partial charge on any atom is 0.472 e. The maximum atomic E-state index is 13.0. The van der Waals surface area contributed by atoms with Crippen LogP contribution in [0.5, 0.6) is 0 Å². The van der Waals surface area contributed by atoms with Crippen LogP contribution < -0.4 is 0 Å². The van der Waals surface area contributed by atoms with Crippen LogP contribution in [0.2, 0.25) is 0 Å². The molecule has 0 amide bonds. The highest BCUT2D eigenvalue weighted by Gasteiger charge is 2.28. The van der Waals surface area contributed by atoms with Crippen molar-refractivity contribution in [2.45, 2.75) is 367 Å². The quantitative estimate of drug-likeness (QED) is 0.0197. The summed E-state index contributed by atoms with van der Waals surface area (Å²) in [6, 6.07) is 0. The van der Waals surface area contributed by atoms with E-state index in [2.05, 4.69) is 45.1 Å². The third kappa shape index (κ3) is 60.5. The van der Waals surface area contributed by atoms with Crippen LogP contribution in [0.4, 0.5) is 0 Å². The van der Waals surface area contributed by atoms with E-state index in [-0.39, 0.29) is 25.9 Å². The van der Waals surface area contributed by atoms with Gasteiger partial charge in [0.05, 0.1) is 19.8 Å². The molecule has 3 unspecified atom stereocenters. The number of phosphoric ester groups is 1. The molecule has 0 radical (unpaired) electrons. The lowest BCUT2D eigenvalue weighted by molar-refractivity contribution is -0.161. The number of esters is 3. The Morgan fingerprint density at radius 2 is 0.613 bits per heavy atom. The van der Waals surface area contributed by atoms with Gasteiger partial charge in [-0.25, -0.2) is 4.57 Å². The minimum atomic E-state index is -4.75. The Morgan fingerprint density at radius 1 is 0.350 bits per heavy atom. The van der Waals surface area contributed by atoms with Gasteiger partial charge < -0.3 is 24.2 Å². The molecule has 0 aliphatic carbocycles. The Bertz CT molecular complexity index is 1440. The van der Waals surface area contributed by atoms with Crippen molar-refractivity contribution in [3.05, 3.63) is 24.3 Å². The summed E-state index contributed by atoms with van der Waals surface area (Å²) in [5, 5.41) is 9.87. The van der Waals surface area contributed by atoms with Crippen molar-refractivity contribution in [2.24, 2.45) is 0 Å². The molecule has 0 aromatic carbocycles. The molecule has 0 fully saturated rings. The molecular formula is C68H129O11P. The molecule has 0 aliphatic heterocycles. The van der Waals surface area contributed by atoms with E-state index in [0.717, 1.165) is 70.6 Å². The molecule has 0 aromatic rings. The normalized spacial score (nSPS) is 13.3. The van der Waals surface area contributed by atoms with Crippen LogP contribution in [0.15, 0.2) is 24.3 Å². The first-order chi connectivity index (χ1) is 39.2. The van der Waals surface area contributed by atoms with Gasteiger partial charge in [0.25, 0.3) is 0 Å². The number of phosphoric acid groups is 1. The topological polar surface area (TPSA) is 155 Å². The molecule has 0 spiro atoms. The summed E-state index contributed by atoms with van der Waals surface area (Å²) < 4.78 is 39.8. The number of hydrogen-bond donors (Lipinski definition) is 2. The Balaban J connectivity index is 4.61. The minimum Gasteiger partial charge on any atom is -0.462 e. The molecule has 80 heavy (non-hydrogen) atoms. The zero-order chi connectivity index (χ0) is 58.3. The minimum absolute atomic E-state index is 0.169. The molecule has 11 nitrogen and oxygen atoms in total. The van der Waals surface area contributed by atoms with E-state index in [9.17, 15) is 28.9 Å². The Morgan fingerprint density at radius 3 is 0.950 bits per heavy atom. The van der Waals surface area contributed by atoms with E-state index in [1.54, 1.807) is 0 Å². The average molecular weight is 1150 g/mol. The maximum absolute atomic E-state index is 13.0. The number of aliphatic hydroxyl groups is 1. The van der Waals surface area contributed by atoms with Crippen LogP contribution in [0.1, 0.15) is 355 Å². The number of unbranched alkanes of at least 4 members (excludes halogenated alkanes) is 44. The van der Waals surface area contributed by atoms with Gasteiger partial charge in [-0.2, -0.15) is 0 Å². The van der Waals surface area contributed by atoms with Gasteiger partial charge in [0.15, 0.2) is 6.10 Å². The largest absolute Gasteiger partial charge is 0.472 e. The van der Waals surface area contributed by atoms with Crippen LogP contribution in [-0.2, 0) is 42.2 Å². The number of allylic oxidation sites excluding steroid dienone is 4.